The van der Waals surface area contributed by atoms with E-state index in [9.17, 15) is 0 Å². The van der Waals surface area contributed by atoms with Gasteiger partial charge >= 0.3 is 0 Å². The molecule has 0 N–H and O–H groups in total. The lowest BCUT2D eigenvalue weighted by atomic mass is 9.77. The predicted octanol–water partition coefficient (Wildman–Crippen LogP) is 25.8. The molecule has 0 nitrogen and oxygen atoms in total. The first-order chi connectivity index (χ1) is 39.3. The van der Waals surface area contributed by atoms with Crippen LogP contribution in [-0.2, 0) is 16.2 Å². The number of hydrogen-bond acceptors (Lipinski definition) is 0. The topological polar surface area (TPSA) is 0 Å². The summed E-state index contributed by atoms with van der Waals surface area (Å²) in [6.07, 6.45) is 27.6. The van der Waals surface area contributed by atoms with Crippen molar-refractivity contribution in [2.75, 3.05) is 0 Å². The van der Waals surface area contributed by atoms with Crippen molar-refractivity contribution >= 4 is 97.0 Å². The molecule has 0 saturated heterocycles. The van der Waals surface area contributed by atoms with E-state index in [1.165, 1.54) is 271 Å². The van der Waals surface area contributed by atoms with Crippen LogP contribution < -0.4 is 0 Å². The fourth-order valence-electron chi connectivity index (χ4n) is 15.1. The van der Waals surface area contributed by atoms with Gasteiger partial charge in [0, 0.05) is 0 Å². The van der Waals surface area contributed by atoms with Crippen LogP contribution in [0.25, 0.3) is 119 Å². The second-order valence-corrected chi connectivity index (χ2v) is 27.5. The fourth-order valence-corrected chi connectivity index (χ4v) is 15.1. The standard InChI is InChI=1S/C81H92/c1-10-13-16-19-22-25-44-79(4,5)62-47-56-30-28-54-32-38-65(67-40-34-58(49-62)73(56)76(54)67)71-53-72(70-43-37-61-52-64(51-60-36-42-69(71)78(70)75(60)61)81(8,9)46-27-24-21-18-15-12-3)66-39-33-55-29-31-57-48-63(50-59-35-41-68(66)77(55)74(57)59)80(6,7)45-26-23-20-17-14-11-2/h28-43,47-53H,10-27,44-46H2,1-9H3. The van der Waals surface area contributed by atoms with Gasteiger partial charge in [0.05, 0.1) is 0 Å². The van der Waals surface area contributed by atoms with E-state index in [0.29, 0.717) is 0 Å². The lowest BCUT2D eigenvalue weighted by Gasteiger charge is -2.27. The summed E-state index contributed by atoms with van der Waals surface area (Å²) in [7, 11) is 0. The zero-order valence-electron chi connectivity index (χ0n) is 51.1. The summed E-state index contributed by atoms with van der Waals surface area (Å²) in [5, 5.41) is 24.6. The maximum absolute atomic E-state index is 2.60. The third-order valence-corrected chi connectivity index (χ3v) is 20.3. The normalized spacial score (nSPS) is 13.0. The van der Waals surface area contributed by atoms with Crippen molar-refractivity contribution in [3.05, 3.63) is 156 Å². The van der Waals surface area contributed by atoms with Crippen molar-refractivity contribution in [2.45, 2.75) is 213 Å². The summed E-state index contributed by atoms with van der Waals surface area (Å²) in [5.74, 6) is 0. The molecule has 0 saturated carbocycles. The smallest absolute Gasteiger partial charge is 0.00143 e. The molecule has 0 atom stereocenters. The second kappa shape index (κ2) is 22.8. The van der Waals surface area contributed by atoms with Crippen LogP contribution in [0.2, 0.25) is 0 Å². The molecule has 0 fully saturated rings. The van der Waals surface area contributed by atoms with Gasteiger partial charge in [0.1, 0.15) is 0 Å². The van der Waals surface area contributed by atoms with E-state index in [-0.39, 0.29) is 16.2 Å². The van der Waals surface area contributed by atoms with Crippen molar-refractivity contribution in [2.24, 2.45) is 0 Å². The Bertz CT molecular complexity index is 3870. The molecule has 0 amide bonds. The maximum Gasteiger partial charge on any atom is -0.00143 e. The third-order valence-electron chi connectivity index (χ3n) is 20.3. The summed E-state index contributed by atoms with van der Waals surface area (Å²) >= 11 is 0. The van der Waals surface area contributed by atoms with Crippen LogP contribution in [-0.4, -0.2) is 0 Å². The molecule has 0 spiro atoms. The van der Waals surface area contributed by atoms with E-state index in [4.69, 9.17) is 0 Å². The van der Waals surface area contributed by atoms with Gasteiger partial charge in [-0.3, -0.25) is 0 Å². The zero-order chi connectivity index (χ0) is 56.0. The van der Waals surface area contributed by atoms with E-state index < -0.39 is 0 Å². The zero-order valence-corrected chi connectivity index (χ0v) is 51.1. The van der Waals surface area contributed by atoms with Gasteiger partial charge < -0.3 is 0 Å². The van der Waals surface area contributed by atoms with E-state index in [1.54, 1.807) is 0 Å². The Hall–Kier alpha value is -6.24. The van der Waals surface area contributed by atoms with Crippen LogP contribution in [0.1, 0.15) is 214 Å². The minimum atomic E-state index is 0.0871. The summed E-state index contributed by atoms with van der Waals surface area (Å²) in [4.78, 5) is 0. The molecular weight excluding hydrogens is 973 g/mol. The predicted molar refractivity (Wildman–Crippen MR) is 361 cm³/mol. The Morgan fingerprint density at radius 2 is 0.469 bits per heavy atom. The maximum atomic E-state index is 2.60. The van der Waals surface area contributed by atoms with Gasteiger partial charge in [0.2, 0.25) is 0 Å². The van der Waals surface area contributed by atoms with Gasteiger partial charge in [0.15, 0.2) is 0 Å². The summed E-state index contributed by atoms with van der Waals surface area (Å²) in [6.45, 7) is 21.8. The van der Waals surface area contributed by atoms with Gasteiger partial charge in [-0.15, -0.1) is 0 Å². The molecule has 0 aliphatic heterocycles. The average molecular weight is 1070 g/mol. The highest BCUT2D eigenvalue weighted by Crippen LogP contribution is 2.51. The molecule has 12 rings (SSSR count). The molecule has 0 heteroatoms. The first kappa shape index (κ1) is 55.3. The van der Waals surface area contributed by atoms with Gasteiger partial charge in [-0.05, 0) is 177 Å². The van der Waals surface area contributed by atoms with Crippen molar-refractivity contribution < 1.29 is 0 Å². The molecular formula is C81H92. The Kier molecular flexibility index (Phi) is 15.6. The van der Waals surface area contributed by atoms with E-state index in [1.807, 2.05) is 0 Å². The first-order valence-corrected chi connectivity index (χ1v) is 32.5. The van der Waals surface area contributed by atoms with Crippen molar-refractivity contribution in [1.82, 2.24) is 0 Å². The van der Waals surface area contributed by atoms with Gasteiger partial charge in [0.25, 0.3) is 0 Å². The van der Waals surface area contributed by atoms with Gasteiger partial charge in [-0.25, -0.2) is 0 Å². The molecule has 0 unspecified atom stereocenters. The third kappa shape index (κ3) is 10.4. The molecule has 0 aliphatic carbocycles. The van der Waals surface area contributed by atoms with Gasteiger partial charge in [-0.2, -0.15) is 0 Å². The molecule has 81 heavy (non-hydrogen) atoms. The molecule has 0 aromatic heterocycles. The van der Waals surface area contributed by atoms with Crippen LogP contribution in [0.4, 0.5) is 0 Å². The quantitative estimate of drug-likeness (QED) is 0.0374. The summed E-state index contributed by atoms with van der Waals surface area (Å²) < 4.78 is 0. The highest BCUT2D eigenvalue weighted by molar-refractivity contribution is 6.33. The molecule has 0 heterocycles. The minimum absolute atomic E-state index is 0.0871. The van der Waals surface area contributed by atoms with Crippen LogP contribution in [0, 0.1) is 0 Å². The Morgan fingerprint density at radius 3 is 0.790 bits per heavy atom. The first-order valence-electron chi connectivity index (χ1n) is 32.5. The van der Waals surface area contributed by atoms with E-state index in [2.05, 4.69) is 202 Å². The van der Waals surface area contributed by atoms with E-state index in [0.717, 1.165) is 0 Å². The molecule has 0 bridgehead atoms. The molecule has 12 aromatic carbocycles. The number of hydrogen-bond donors (Lipinski definition) is 0. The molecule has 0 aliphatic rings. The highest BCUT2D eigenvalue weighted by atomic mass is 14.3. The van der Waals surface area contributed by atoms with Crippen molar-refractivity contribution in [1.29, 1.82) is 0 Å². The molecule has 416 valence electrons. The monoisotopic (exact) mass is 1060 g/mol. The van der Waals surface area contributed by atoms with Crippen molar-refractivity contribution in [3.63, 3.8) is 0 Å². The van der Waals surface area contributed by atoms with Crippen LogP contribution in [0.3, 0.4) is 0 Å². The Labute approximate surface area is 486 Å². The minimum Gasteiger partial charge on any atom is -0.0654 e. The summed E-state index contributed by atoms with van der Waals surface area (Å²) in [6, 6.07) is 56.9. The summed E-state index contributed by atoms with van der Waals surface area (Å²) in [5.41, 5.74) is 9.98. The highest BCUT2D eigenvalue weighted by Gasteiger charge is 2.28. The largest absolute Gasteiger partial charge is 0.0654 e. The molecule has 12 aromatic rings. The lowest BCUT2D eigenvalue weighted by molar-refractivity contribution is 0.443. The SMILES string of the molecule is CCCCCCCCC(C)(C)c1cc2ccc3ccc(-c4cc(-c5ccc6ccc7cc(C(C)(C)CCCCCCCC)cc8ccc5c6c78)c5ccc6cc(C(C)(C)CCCCCCCC)cc7ccc4c5c76)c4ccc(c1)c2c34. The Morgan fingerprint density at radius 1 is 0.222 bits per heavy atom. The number of unbranched alkanes of at least 4 members (excludes halogenated alkanes) is 15. The van der Waals surface area contributed by atoms with E-state index >= 15 is 0 Å². The van der Waals surface area contributed by atoms with Crippen molar-refractivity contribution in [3.8, 4) is 22.3 Å². The van der Waals surface area contributed by atoms with Crippen LogP contribution in [0.5, 0.6) is 0 Å². The number of benzene rings is 12. The second-order valence-electron chi connectivity index (χ2n) is 27.5. The lowest BCUT2D eigenvalue weighted by Crippen LogP contribution is -2.17. The average Bonchev–Trinajstić information content (AvgIpc) is 3.57. The molecule has 0 radical (unpaired) electrons. The Balaban J connectivity index is 1.02. The van der Waals surface area contributed by atoms with Crippen LogP contribution in [0.15, 0.2) is 140 Å². The van der Waals surface area contributed by atoms with Crippen LogP contribution >= 0.6 is 0 Å². The van der Waals surface area contributed by atoms with Gasteiger partial charge in [-0.1, -0.05) is 311 Å². The number of rotatable bonds is 26. The fraction of sp³-hybridized carbons (Fsp3) is 0.407.